The molecule has 0 radical (unpaired) electrons. The third-order valence-electron chi connectivity index (χ3n) is 4.84. The van der Waals surface area contributed by atoms with Gasteiger partial charge in [-0.2, -0.15) is 0 Å². The van der Waals surface area contributed by atoms with E-state index in [9.17, 15) is 0 Å². The van der Waals surface area contributed by atoms with Crippen LogP contribution >= 0.6 is 0 Å². The molecular formula is C16H21N5O. The highest BCUT2D eigenvalue weighted by Crippen LogP contribution is 2.40. The van der Waals surface area contributed by atoms with Gasteiger partial charge in [0.1, 0.15) is 0 Å². The number of aromatic nitrogens is 4. The summed E-state index contributed by atoms with van der Waals surface area (Å²) in [4.78, 5) is 15.4. The second kappa shape index (κ2) is 5.35. The van der Waals surface area contributed by atoms with Crippen LogP contribution in [0.25, 0.3) is 0 Å². The molecule has 0 amide bonds. The second-order valence-electron chi connectivity index (χ2n) is 6.28. The predicted molar refractivity (Wildman–Crippen MR) is 82.8 cm³/mol. The first-order valence-electron chi connectivity index (χ1n) is 7.95. The molecule has 0 bridgehead atoms. The number of imidazole rings is 1. The zero-order valence-corrected chi connectivity index (χ0v) is 12.9. The lowest BCUT2D eigenvalue weighted by atomic mass is 9.97. The smallest absolute Gasteiger partial charge is 0.225 e. The van der Waals surface area contributed by atoms with Gasteiger partial charge in [0.05, 0.1) is 31.1 Å². The Morgan fingerprint density at radius 3 is 2.95 bits per heavy atom. The standard InChI is InChI=1S/C16H21N5O/c1-2-13-8-18-15(19-9-13)20-5-3-16(11-20)7-14(10-22-16)21-6-4-17-12-21/h4,6,8-9,12,14H,2-3,5,7,10-11H2,1H3. The molecule has 116 valence electrons. The second-order valence-corrected chi connectivity index (χ2v) is 6.28. The quantitative estimate of drug-likeness (QED) is 0.865. The highest BCUT2D eigenvalue weighted by atomic mass is 16.5. The molecule has 2 aromatic heterocycles. The maximum Gasteiger partial charge on any atom is 0.225 e. The molecule has 2 fully saturated rings. The van der Waals surface area contributed by atoms with E-state index in [-0.39, 0.29) is 5.60 Å². The Morgan fingerprint density at radius 2 is 2.23 bits per heavy atom. The summed E-state index contributed by atoms with van der Waals surface area (Å²) >= 11 is 0. The molecule has 6 heteroatoms. The molecule has 0 saturated carbocycles. The minimum absolute atomic E-state index is 0.0538. The molecule has 2 aliphatic rings. The van der Waals surface area contributed by atoms with Gasteiger partial charge in [-0.3, -0.25) is 0 Å². The summed E-state index contributed by atoms with van der Waals surface area (Å²) in [7, 11) is 0. The molecule has 6 nitrogen and oxygen atoms in total. The van der Waals surface area contributed by atoms with Gasteiger partial charge in [-0.05, 0) is 18.4 Å². The van der Waals surface area contributed by atoms with Crippen LogP contribution in [0.2, 0.25) is 0 Å². The summed E-state index contributed by atoms with van der Waals surface area (Å²) in [6.07, 6.45) is 12.6. The van der Waals surface area contributed by atoms with Crippen molar-refractivity contribution in [3.8, 4) is 0 Å². The predicted octanol–water partition coefficient (Wildman–Crippen LogP) is 1.85. The van der Waals surface area contributed by atoms with E-state index in [0.29, 0.717) is 6.04 Å². The van der Waals surface area contributed by atoms with Gasteiger partial charge in [0, 0.05) is 37.8 Å². The number of hydrogen-bond acceptors (Lipinski definition) is 5. The van der Waals surface area contributed by atoms with Crippen molar-refractivity contribution < 1.29 is 4.74 Å². The third-order valence-corrected chi connectivity index (χ3v) is 4.84. The fraction of sp³-hybridized carbons (Fsp3) is 0.562. The molecule has 1 spiro atoms. The maximum atomic E-state index is 6.19. The summed E-state index contributed by atoms with van der Waals surface area (Å²) in [5.41, 5.74) is 1.12. The minimum atomic E-state index is -0.0538. The Kier molecular flexibility index (Phi) is 3.33. The fourth-order valence-corrected chi connectivity index (χ4v) is 3.49. The van der Waals surface area contributed by atoms with Crippen molar-refractivity contribution in [1.82, 2.24) is 19.5 Å². The number of rotatable bonds is 3. The first kappa shape index (κ1) is 13.7. The van der Waals surface area contributed by atoms with Crippen LogP contribution in [-0.2, 0) is 11.2 Å². The van der Waals surface area contributed by atoms with Crippen molar-refractivity contribution >= 4 is 5.95 Å². The zero-order valence-electron chi connectivity index (χ0n) is 12.9. The monoisotopic (exact) mass is 299 g/mol. The first-order valence-corrected chi connectivity index (χ1v) is 7.95. The van der Waals surface area contributed by atoms with Crippen molar-refractivity contribution in [2.45, 2.75) is 37.8 Å². The zero-order chi connectivity index (χ0) is 15.0. The number of anilines is 1. The van der Waals surface area contributed by atoms with Crippen LogP contribution in [0.4, 0.5) is 5.95 Å². The molecule has 2 aromatic rings. The van der Waals surface area contributed by atoms with Crippen LogP contribution in [0.5, 0.6) is 0 Å². The molecule has 2 unspecified atom stereocenters. The van der Waals surface area contributed by atoms with E-state index in [1.165, 1.54) is 5.56 Å². The van der Waals surface area contributed by atoms with Crippen LogP contribution in [-0.4, -0.2) is 44.8 Å². The van der Waals surface area contributed by atoms with Gasteiger partial charge in [-0.1, -0.05) is 6.92 Å². The van der Waals surface area contributed by atoms with Crippen LogP contribution in [0.3, 0.4) is 0 Å². The molecule has 4 rings (SSSR count). The third kappa shape index (κ3) is 2.37. The lowest BCUT2D eigenvalue weighted by Gasteiger charge is -2.23. The summed E-state index contributed by atoms with van der Waals surface area (Å²) in [6, 6.07) is 0.394. The maximum absolute atomic E-state index is 6.19. The van der Waals surface area contributed by atoms with Gasteiger partial charge in [0.2, 0.25) is 5.95 Å². The molecule has 0 N–H and O–H groups in total. The van der Waals surface area contributed by atoms with Gasteiger partial charge in [-0.25, -0.2) is 15.0 Å². The Hall–Kier alpha value is -1.95. The summed E-state index contributed by atoms with van der Waals surface area (Å²) in [5.74, 6) is 0.823. The number of aryl methyl sites for hydroxylation is 1. The Balaban J connectivity index is 1.45. The lowest BCUT2D eigenvalue weighted by molar-refractivity contribution is 0.0219. The summed E-state index contributed by atoms with van der Waals surface area (Å²) in [6.45, 7) is 4.72. The molecule has 2 aliphatic heterocycles. The summed E-state index contributed by atoms with van der Waals surface area (Å²) in [5, 5.41) is 0. The Morgan fingerprint density at radius 1 is 1.36 bits per heavy atom. The van der Waals surface area contributed by atoms with Crippen molar-refractivity contribution in [2.24, 2.45) is 0 Å². The van der Waals surface area contributed by atoms with Gasteiger partial charge < -0.3 is 14.2 Å². The van der Waals surface area contributed by atoms with Crippen molar-refractivity contribution in [2.75, 3.05) is 24.6 Å². The fourth-order valence-electron chi connectivity index (χ4n) is 3.49. The molecular weight excluding hydrogens is 278 g/mol. The van der Waals surface area contributed by atoms with E-state index in [4.69, 9.17) is 4.74 Å². The van der Waals surface area contributed by atoms with E-state index < -0.39 is 0 Å². The molecule has 2 saturated heterocycles. The topological polar surface area (TPSA) is 56.1 Å². The molecule has 22 heavy (non-hydrogen) atoms. The minimum Gasteiger partial charge on any atom is -0.371 e. The van der Waals surface area contributed by atoms with E-state index in [2.05, 4.69) is 31.3 Å². The van der Waals surface area contributed by atoms with Crippen molar-refractivity contribution in [1.29, 1.82) is 0 Å². The SMILES string of the molecule is CCc1cnc(N2CCC3(CC(n4ccnc4)CO3)C2)nc1. The highest BCUT2D eigenvalue weighted by Gasteiger charge is 2.46. The van der Waals surface area contributed by atoms with E-state index >= 15 is 0 Å². The molecule has 0 aromatic carbocycles. The van der Waals surface area contributed by atoms with Crippen LogP contribution in [0.15, 0.2) is 31.1 Å². The normalized spacial score (nSPS) is 27.9. The number of hydrogen-bond donors (Lipinski definition) is 0. The lowest BCUT2D eigenvalue weighted by Crippen LogP contribution is -2.33. The average Bonchev–Trinajstić information content (AvgIpc) is 3.29. The number of ether oxygens (including phenoxy) is 1. The number of nitrogens with zero attached hydrogens (tertiary/aromatic N) is 5. The highest BCUT2D eigenvalue weighted by molar-refractivity contribution is 5.34. The summed E-state index contributed by atoms with van der Waals surface area (Å²) < 4.78 is 8.35. The van der Waals surface area contributed by atoms with Crippen LogP contribution in [0, 0.1) is 0 Å². The molecule has 2 atom stereocenters. The Labute approximate surface area is 130 Å². The largest absolute Gasteiger partial charge is 0.371 e. The van der Waals surface area contributed by atoms with E-state index in [1.807, 2.05) is 31.1 Å². The first-order chi connectivity index (χ1) is 10.8. The van der Waals surface area contributed by atoms with Crippen LogP contribution < -0.4 is 4.90 Å². The average molecular weight is 299 g/mol. The van der Waals surface area contributed by atoms with Crippen LogP contribution in [0.1, 0.15) is 31.4 Å². The van der Waals surface area contributed by atoms with Gasteiger partial charge in [-0.15, -0.1) is 0 Å². The van der Waals surface area contributed by atoms with Gasteiger partial charge in [0.15, 0.2) is 0 Å². The van der Waals surface area contributed by atoms with Gasteiger partial charge >= 0.3 is 0 Å². The molecule has 4 heterocycles. The Bertz CT molecular complexity index is 626. The molecule has 0 aliphatic carbocycles. The van der Waals surface area contributed by atoms with E-state index in [0.717, 1.165) is 44.9 Å². The van der Waals surface area contributed by atoms with E-state index in [1.54, 1.807) is 0 Å². The van der Waals surface area contributed by atoms with Crippen molar-refractivity contribution in [3.63, 3.8) is 0 Å². The van der Waals surface area contributed by atoms with Gasteiger partial charge in [0.25, 0.3) is 0 Å². The van der Waals surface area contributed by atoms with Crippen molar-refractivity contribution in [3.05, 3.63) is 36.7 Å².